The minimum absolute atomic E-state index is 0.0221. The fraction of sp³-hybridized carbons (Fsp3) is 0.400. The van der Waals surface area contributed by atoms with Crippen molar-refractivity contribution in [2.45, 2.75) is 46.1 Å². The van der Waals surface area contributed by atoms with Crippen LogP contribution in [0.4, 0.5) is 0 Å². The Labute approximate surface area is 218 Å². The smallest absolute Gasteiger partial charge is 0.239 e. The summed E-state index contributed by atoms with van der Waals surface area (Å²) in [5, 5.41) is 14.0. The van der Waals surface area contributed by atoms with Gasteiger partial charge in [0.15, 0.2) is 17.1 Å². The number of hydrogen-bond acceptors (Lipinski definition) is 5. The van der Waals surface area contributed by atoms with Gasteiger partial charge in [0.2, 0.25) is 11.7 Å². The van der Waals surface area contributed by atoms with Crippen molar-refractivity contribution in [3.63, 3.8) is 0 Å². The molecular weight excluding hydrogens is 468 g/mol. The lowest BCUT2D eigenvalue weighted by molar-refractivity contribution is -0.896. The van der Waals surface area contributed by atoms with Crippen molar-refractivity contribution >= 4 is 22.7 Å². The quantitative estimate of drug-likeness (QED) is 0.405. The third kappa shape index (κ3) is 5.14. The maximum absolute atomic E-state index is 13.8. The predicted octanol–water partition coefficient (Wildman–Crippen LogP) is 3.26. The van der Waals surface area contributed by atoms with Crippen LogP contribution in [-0.4, -0.2) is 49.9 Å². The Morgan fingerprint density at radius 3 is 2.46 bits per heavy atom. The average molecular weight is 505 g/mol. The first-order chi connectivity index (χ1) is 17.8. The lowest BCUT2D eigenvalue weighted by Gasteiger charge is -2.28. The highest BCUT2D eigenvalue weighted by molar-refractivity contribution is 6.15. The fourth-order valence-corrected chi connectivity index (χ4v) is 5.06. The number of quaternary nitrogens is 1. The molecule has 1 unspecified atom stereocenters. The molecular formula is C30H36N2O5. The number of ether oxygens (including phenoxy) is 1. The van der Waals surface area contributed by atoms with E-state index in [0.717, 1.165) is 37.2 Å². The summed E-state index contributed by atoms with van der Waals surface area (Å²) in [6.45, 7) is 11.8. The summed E-state index contributed by atoms with van der Waals surface area (Å²) in [6, 6.07) is 14.1. The van der Waals surface area contributed by atoms with Crippen LogP contribution in [0.1, 0.15) is 67.8 Å². The van der Waals surface area contributed by atoms with Crippen molar-refractivity contribution in [3.8, 4) is 5.75 Å². The van der Waals surface area contributed by atoms with Gasteiger partial charge in [0, 0.05) is 23.9 Å². The van der Waals surface area contributed by atoms with Gasteiger partial charge in [-0.15, -0.1) is 0 Å². The molecule has 1 N–H and O–H groups in total. The van der Waals surface area contributed by atoms with Crippen molar-refractivity contribution < 1.29 is 28.7 Å². The molecule has 1 aromatic heterocycles. The second-order valence-electron chi connectivity index (χ2n) is 9.84. The number of benzene rings is 2. The van der Waals surface area contributed by atoms with E-state index in [-0.39, 0.29) is 11.3 Å². The molecule has 7 heteroatoms. The number of ketones is 1. The van der Waals surface area contributed by atoms with Gasteiger partial charge in [0.1, 0.15) is 0 Å². The monoisotopic (exact) mass is 504 g/mol. The molecule has 0 saturated heterocycles. The highest BCUT2D eigenvalue weighted by atomic mass is 16.5. The largest absolute Gasteiger partial charge is 0.868 e. The molecule has 1 amide bonds. The lowest BCUT2D eigenvalue weighted by Crippen LogP contribution is -3.11. The van der Waals surface area contributed by atoms with E-state index >= 15 is 0 Å². The summed E-state index contributed by atoms with van der Waals surface area (Å²) in [5.41, 5.74) is 2.27. The van der Waals surface area contributed by atoms with E-state index in [9.17, 15) is 14.7 Å². The Kier molecular flexibility index (Phi) is 8.03. The zero-order valence-corrected chi connectivity index (χ0v) is 22.3. The van der Waals surface area contributed by atoms with Crippen LogP contribution in [-0.2, 0) is 4.79 Å². The molecule has 1 atom stereocenters. The number of para-hydroxylation sites is 1. The van der Waals surface area contributed by atoms with Gasteiger partial charge in [0.25, 0.3) is 0 Å². The topological polar surface area (TPSA) is 87.2 Å². The number of carbonyl (C=O) groups is 2. The maximum Gasteiger partial charge on any atom is 0.239 e. The molecule has 0 aliphatic carbocycles. The number of rotatable bonds is 11. The van der Waals surface area contributed by atoms with Crippen LogP contribution in [0.25, 0.3) is 11.0 Å². The number of Topliss-reactive ketones (excluding diaryl/α,β-unsaturated/α-hetero) is 1. The van der Waals surface area contributed by atoms with E-state index in [1.165, 1.54) is 12.0 Å². The minimum atomic E-state index is -0.759. The van der Waals surface area contributed by atoms with Gasteiger partial charge in [-0.2, -0.15) is 0 Å². The normalized spacial score (nSPS) is 16.0. The van der Waals surface area contributed by atoms with Gasteiger partial charge < -0.3 is 24.1 Å². The van der Waals surface area contributed by atoms with E-state index in [1.807, 2.05) is 30.3 Å². The van der Waals surface area contributed by atoms with E-state index < -0.39 is 23.5 Å². The van der Waals surface area contributed by atoms with Gasteiger partial charge >= 0.3 is 0 Å². The molecule has 0 bridgehead atoms. The molecule has 196 valence electrons. The maximum atomic E-state index is 13.8. The van der Waals surface area contributed by atoms with Crippen molar-refractivity contribution in [1.29, 1.82) is 0 Å². The molecule has 37 heavy (non-hydrogen) atoms. The van der Waals surface area contributed by atoms with Gasteiger partial charge in [-0.05, 0) is 48.8 Å². The van der Waals surface area contributed by atoms with Crippen LogP contribution < -0.4 is 14.7 Å². The van der Waals surface area contributed by atoms with Gasteiger partial charge in [-0.25, -0.2) is 0 Å². The van der Waals surface area contributed by atoms with Crippen LogP contribution in [0.15, 0.2) is 64.3 Å². The Hall–Kier alpha value is -3.58. The van der Waals surface area contributed by atoms with Crippen molar-refractivity contribution in [1.82, 2.24) is 4.90 Å². The standard InChI is InChI=1S/C30H36N2O5/c1-6-31(7-2)16-9-17-32-26(21-14-12-20(13-15-21)19(3)4)25(28(34)30(32)35)27(33)24-18-22-10-8-11-23(36-5)29(22)37-24/h8,10-15,18-19,26,34H,6-7,9,16-17H2,1-5H3. The Bertz CT molecular complexity index is 1300. The number of methoxy groups -OCH3 is 1. The van der Waals surface area contributed by atoms with Gasteiger partial charge in [-0.3, -0.25) is 9.59 Å². The first kappa shape index (κ1) is 26.5. The molecule has 4 rings (SSSR count). The molecule has 0 fully saturated rings. The highest BCUT2D eigenvalue weighted by Gasteiger charge is 2.40. The number of nitrogens with one attached hydrogen (secondary N) is 1. The van der Waals surface area contributed by atoms with E-state index in [4.69, 9.17) is 9.15 Å². The first-order valence-corrected chi connectivity index (χ1v) is 13.1. The van der Waals surface area contributed by atoms with Crippen LogP contribution in [0.5, 0.6) is 5.75 Å². The lowest BCUT2D eigenvalue weighted by atomic mass is 9.93. The fourth-order valence-electron chi connectivity index (χ4n) is 5.06. The van der Waals surface area contributed by atoms with Crippen LogP contribution >= 0.6 is 0 Å². The number of fused-ring (bicyclic) bond motifs is 1. The summed E-state index contributed by atoms with van der Waals surface area (Å²) in [6.07, 6.45) is 0.736. The van der Waals surface area contributed by atoms with Gasteiger partial charge in [-0.1, -0.05) is 50.2 Å². The van der Waals surface area contributed by atoms with Crippen molar-refractivity contribution in [2.24, 2.45) is 0 Å². The summed E-state index contributed by atoms with van der Waals surface area (Å²) >= 11 is 0. The molecule has 7 nitrogen and oxygen atoms in total. The van der Waals surface area contributed by atoms with Gasteiger partial charge in [0.05, 0.1) is 32.8 Å². The number of nitrogens with zero attached hydrogens (tertiary/aromatic N) is 1. The molecule has 0 saturated carbocycles. The molecule has 0 spiro atoms. The number of furan rings is 1. The van der Waals surface area contributed by atoms with Crippen LogP contribution in [0.3, 0.4) is 0 Å². The first-order valence-electron chi connectivity index (χ1n) is 13.1. The van der Waals surface area contributed by atoms with Crippen molar-refractivity contribution in [2.75, 3.05) is 33.3 Å². The van der Waals surface area contributed by atoms with E-state index in [1.54, 1.807) is 23.1 Å². The average Bonchev–Trinajstić information content (AvgIpc) is 3.45. The Balaban J connectivity index is 1.72. The summed E-state index contributed by atoms with van der Waals surface area (Å²) in [4.78, 5) is 30.0. The zero-order chi connectivity index (χ0) is 26.7. The SMILES string of the molecule is CC[NH+](CC)CCCN1C(=O)C([O-])=C(C(=O)c2cc3cccc(OC)c3o2)C1c1ccc(C(C)C)cc1. The minimum Gasteiger partial charge on any atom is -0.868 e. The summed E-state index contributed by atoms with van der Waals surface area (Å²) < 4.78 is 11.2. The number of carbonyl (C=O) groups excluding carboxylic acids is 2. The van der Waals surface area contributed by atoms with E-state index in [0.29, 0.717) is 29.2 Å². The Morgan fingerprint density at radius 1 is 1.14 bits per heavy atom. The summed E-state index contributed by atoms with van der Waals surface area (Å²) in [7, 11) is 1.53. The number of amides is 1. The molecule has 0 radical (unpaired) electrons. The molecule has 1 aliphatic rings. The second-order valence-corrected chi connectivity index (χ2v) is 9.84. The van der Waals surface area contributed by atoms with Crippen LogP contribution in [0, 0.1) is 0 Å². The van der Waals surface area contributed by atoms with Crippen LogP contribution in [0.2, 0.25) is 0 Å². The predicted molar refractivity (Wildman–Crippen MR) is 141 cm³/mol. The molecule has 1 aliphatic heterocycles. The molecule has 2 heterocycles. The number of hydrogen-bond donors (Lipinski definition) is 1. The molecule has 2 aromatic carbocycles. The zero-order valence-electron chi connectivity index (χ0n) is 22.3. The van der Waals surface area contributed by atoms with Crippen molar-refractivity contribution in [3.05, 3.63) is 76.8 Å². The third-order valence-electron chi connectivity index (χ3n) is 7.33. The highest BCUT2D eigenvalue weighted by Crippen LogP contribution is 2.40. The second kappa shape index (κ2) is 11.2. The third-order valence-corrected chi connectivity index (χ3v) is 7.33. The van der Waals surface area contributed by atoms with E-state index in [2.05, 4.69) is 27.7 Å². The summed E-state index contributed by atoms with van der Waals surface area (Å²) in [5.74, 6) is -1.10. The Morgan fingerprint density at radius 2 is 1.84 bits per heavy atom. The molecule has 3 aromatic rings.